The minimum absolute atomic E-state index is 0.0151. The Morgan fingerprint density at radius 1 is 1.13 bits per heavy atom. The first-order valence-corrected chi connectivity index (χ1v) is 8.45. The van der Waals surface area contributed by atoms with Gasteiger partial charge in [-0.3, -0.25) is 0 Å². The number of hydrogen-bond acceptors (Lipinski definition) is 3. The van der Waals surface area contributed by atoms with Gasteiger partial charge in [0.05, 0.1) is 12.7 Å². The smallest absolute Gasteiger partial charge is 0.122 e. The van der Waals surface area contributed by atoms with Crippen LogP contribution in [0, 0.1) is 5.41 Å². The van der Waals surface area contributed by atoms with Gasteiger partial charge in [-0.2, -0.15) is 0 Å². The fourth-order valence-corrected chi connectivity index (χ4v) is 3.50. The molecule has 1 fully saturated rings. The molecule has 0 amide bonds. The van der Waals surface area contributed by atoms with Crippen molar-refractivity contribution in [1.82, 2.24) is 5.32 Å². The van der Waals surface area contributed by atoms with Crippen LogP contribution in [0.5, 0.6) is 5.75 Å². The molecule has 0 bridgehead atoms. The van der Waals surface area contributed by atoms with E-state index >= 15 is 0 Å². The van der Waals surface area contributed by atoms with Crippen molar-refractivity contribution in [2.75, 3.05) is 13.2 Å². The summed E-state index contributed by atoms with van der Waals surface area (Å²) in [5.41, 5.74) is 3.65. The van der Waals surface area contributed by atoms with E-state index in [-0.39, 0.29) is 11.5 Å². The lowest BCUT2D eigenvalue weighted by Crippen LogP contribution is -2.28. The molecule has 3 nitrogen and oxygen atoms in total. The molecule has 1 heterocycles. The first kappa shape index (κ1) is 14.7. The molecule has 1 saturated carbocycles. The van der Waals surface area contributed by atoms with Crippen LogP contribution in [0.1, 0.15) is 35.6 Å². The Bertz CT molecular complexity index is 679. The van der Waals surface area contributed by atoms with E-state index < -0.39 is 0 Å². The van der Waals surface area contributed by atoms with Crippen molar-refractivity contribution in [1.29, 1.82) is 0 Å². The quantitative estimate of drug-likeness (QED) is 0.861. The highest BCUT2D eigenvalue weighted by Crippen LogP contribution is 2.54. The topological polar surface area (TPSA) is 41.5 Å². The molecule has 0 saturated heterocycles. The van der Waals surface area contributed by atoms with Crippen LogP contribution in [-0.4, -0.2) is 18.3 Å². The van der Waals surface area contributed by atoms with Gasteiger partial charge in [-0.25, -0.2) is 0 Å². The molecule has 2 N–H and O–H groups in total. The van der Waals surface area contributed by atoms with Gasteiger partial charge in [0.2, 0.25) is 0 Å². The fourth-order valence-electron chi connectivity index (χ4n) is 3.50. The summed E-state index contributed by atoms with van der Waals surface area (Å²) in [5.74, 6) is 1.03. The zero-order valence-electron chi connectivity index (χ0n) is 13.3. The highest BCUT2D eigenvalue weighted by molar-refractivity contribution is 5.39. The van der Waals surface area contributed by atoms with Crippen LogP contribution < -0.4 is 10.1 Å². The number of benzene rings is 2. The summed E-state index contributed by atoms with van der Waals surface area (Å²) in [5, 5.41) is 14.2. The third kappa shape index (κ3) is 2.99. The van der Waals surface area contributed by atoms with Gasteiger partial charge in [0.25, 0.3) is 0 Å². The lowest BCUT2D eigenvalue weighted by molar-refractivity contribution is 0.0917. The largest absolute Gasteiger partial charge is 0.493 e. The molecule has 2 aromatic carbocycles. The van der Waals surface area contributed by atoms with Gasteiger partial charge in [-0.1, -0.05) is 42.5 Å². The van der Waals surface area contributed by atoms with E-state index in [4.69, 9.17) is 4.74 Å². The van der Waals surface area contributed by atoms with E-state index in [0.717, 1.165) is 50.3 Å². The Hall–Kier alpha value is -1.84. The second kappa shape index (κ2) is 5.99. The highest BCUT2D eigenvalue weighted by atomic mass is 16.5. The number of aliphatic hydroxyl groups excluding tert-OH is 1. The van der Waals surface area contributed by atoms with Gasteiger partial charge in [-0.15, -0.1) is 0 Å². The molecule has 2 aromatic rings. The molecule has 1 aliphatic heterocycles. The third-order valence-electron chi connectivity index (χ3n) is 5.15. The first-order chi connectivity index (χ1) is 11.3. The summed E-state index contributed by atoms with van der Waals surface area (Å²) >= 11 is 0. The molecule has 2 aliphatic rings. The summed E-state index contributed by atoms with van der Waals surface area (Å²) < 4.78 is 5.55. The van der Waals surface area contributed by atoms with E-state index in [1.165, 1.54) is 11.1 Å². The molecule has 1 atom stereocenters. The van der Waals surface area contributed by atoms with E-state index in [1.807, 2.05) is 30.3 Å². The molecular formula is C20H23NO2. The predicted molar refractivity (Wildman–Crippen MR) is 90.4 cm³/mol. The summed E-state index contributed by atoms with van der Waals surface area (Å²) in [7, 11) is 0. The van der Waals surface area contributed by atoms with Gasteiger partial charge in [-0.05, 0) is 35.6 Å². The molecule has 0 radical (unpaired) electrons. The molecule has 120 valence electrons. The van der Waals surface area contributed by atoms with Crippen LogP contribution in [0.15, 0.2) is 48.5 Å². The minimum Gasteiger partial charge on any atom is -0.493 e. The summed E-state index contributed by atoms with van der Waals surface area (Å²) in [4.78, 5) is 0. The van der Waals surface area contributed by atoms with E-state index in [1.54, 1.807) is 0 Å². The monoisotopic (exact) mass is 309 g/mol. The third-order valence-corrected chi connectivity index (χ3v) is 5.15. The Balaban J connectivity index is 1.36. The number of hydrogen-bond donors (Lipinski definition) is 2. The normalized spacial score (nSPS) is 19.0. The van der Waals surface area contributed by atoms with Crippen molar-refractivity contribution in [3.8, 4) is 5.75 Å². The van der Waals surface area contributed by atoms with E-state index in [0.29, 0.717) is 0 Å². The number of nitrogens with one attached hydrogen (secondary N) is 1. The number of ether oxygens (including phenoxy) is 1. The first-order valence-electron chi connectivity index (χ1n) is 8.45. The SMILES string of the molecule is OC(c1ccccc1)C1(CNCc2ccc3c(c2)CCO3)CC1. The molecule has 0 spiro atoms. The summed E-state index contributed by atoms with van der Waals surface area (Å²) in [6.07, 6.45) is 2.83. The van der Waals surface area contributed by atoms with Gasteiger partial charge >= 0.3 is 0 Å². The van der Waals surface area contributed by atoms with Crippen LogP contribution in [0.4, 0.5) is 0 Å². The van der Waals surface area contributed by atoms with Gasteiger partial charge in [0.15, 0.2) is 0 Å². The zero-order valence-corrected chi connectivity index (χ0v) is 13.3. The second-order valence-corrected chi connectivity index (χ2v) is 6.82. The average molecular weight is 309 g/mol. The van der Waals surface area contributed by atoms with Crippen molar-refractivity contribution in [2.24, 2.45) is 5.41 Å². The molecule has 23 heavy (non-hydrogen) atoms. The molecule has 0 aromatic heterocycles. The fraction of sp³-hybridized carbons (Fsp3) is 0.400. The molecule has 1 aliphatic carbocycles. The highest BCUT2D eigenvalue weighted by Gasteiger charge is 2.48. The summed E-state index contributed by atoms with van der Waals surface area (Å²) in [6.45, 7) is 2.51. The maximum atomic E-state index is 10.7. The van der Waals surface area contributed by atoms with Gasteiger partial charge < -0.3 is 15.2 Å². The lowest BCUT2D eigenvalue weighted by Gasteiger charge is -2.23. The zero-order chi connectivity index (χ0) is 15.7. The second-order valence-electron chi connectivity index (χ2n) is 6.82. The maximum Gasteiger partial charge on any atom is 0.122 e. The van der Waals surface area contributed by atoms with Gasteiger partial charge in [0, 0.05) is 24.9 Å². The Morgan fingerprint density at radius 3 is 2.74 bits per heavy atom. The van der Waals surface area contributed by atoms with Crippen LogP contribution in [-0.2, 0) is 13.0 Å². The van der Waals surface area contributed by atoms with Crippen molar-refractivity contribution >= 4 is 0 Å². The van der Waals surface area contributed by atoms with Crippen LogP contribution >= 0.6 is 0 Å². The molecule has 4 rings (SSSR count). The van der Waals surface area contributed by atoms with Crippen LogP contribution in [0.3, 0.4) is 0 Å². The number of fused-ring (bicyclic) bond motifs is 1. The summed E-state index contributed by atoms with van der Waals surface area (Å²) in [6, 6.07) is 16.5. The van der Waals surface area contributed by atoms with Crippen molar-refractivity contribution in [3.05, 3.63) is 65.2 Å². The number of rotatable bonds is 6. The van der Waals surface area contributed by atoms with Crippen molar-refractivity contribution in [2.45, 2.75) is 31.9 Å². The predicted octanol–water partition coefficient (Wildman–Crippen LogP) is 3.22. The number of aliphatic hydroxyl groups is 1. The standard InChI is InChI=1S/C20H23NO2/c22-19(16-4-2-1-3-5-16)20(9-10-20)14-21-13-15-6-7-18-17(12-15)8-11-23-18/h1-7,12,19,21-22H,8-11,13-14H2. The van der Waals surface area contributed by atoms with Gasteiger partial charge in [0.1, 0.15) is 5.75 Å². The average Bonchev–Trinajstić information content (AvgIpc) is 3.23. The van der Waals surface area contributed by atoms with Crippen LogP contribution in [0.25, 0.3) is 0 Å². The maximum absolute atomic E-state index is 10.7. The Kier molecular flexibility index (Phi) is 3.83. The Labute approximate surface area is 137 Å². The molecular weight excluding hydrogens is 286 g/mol. The Morgan fingerprint density at radius 2 is 1.96 bits per heavy atom. The lowest BCUT2D eigenvalue weighted by atomic mass is 9.92. The van der Waals surface area contributed by atoms with Crippen LogP contribution in [0.2, 0.25) is 0 Å². The van der Waals surface area contributed by atoms with E-state index in [2.05, 4.69) is 23.5 Å². The molecule has 3 heteroatoms. The minimum atomic E-state index is -0.371. The molecule has 1 unspecified atom stereocenters. The van der Waals surface area contributed by atoms with Crippen molar-refractivity contribution in [3.63, 3.8) is 0 Å². The van der Waals surface area contributed by atoms with Crippen molar-refractivity contribution < 1.29 is 9.84 Å². The van der Waals surface area contributed by atoms with E-state index in [9.17, 15) is 5.11 Å².